The Morgan fingerprint density at radius 3 is 2.44 bits per heavy atom. The summed E-state index contributed by atoms with van der Waals surface area (Å²) in [5.41, 5.74) is 10.4. The van der Waals surface area contributed by atoms with Gasteiger partial charge >= 0.3 is 5.97 Å². The van der Waals surface area contributed by atoms with E-state index in [0.29, 0.717) is 0 Å². The Bertz CT molecular complexity index is 319. The molecule has 0 rings (SSSR count). The van der Waals surface area contributed by atoms with Gasteiger partial charge in [0, 0.05) is 6.42 Å². The average Bonchev–Trinajstić information content (AvgIpc) is 2.22. The number of carboxylic acids is 1. The van der Waals surface area contributed by atoms with Crippen molar-refractivity contribution in [2.45, 2.75) is 38.2 Å². The number of carboxylic acid groups (broad SMARTS) is 1. The molecule has 0 radical (unpaired) electrons. The molecule has 0 aromatic rings. The molecule has 0 aliphatic carbocycles. The van der Waals surface area contributed by atoms with E-state index in [9.17, 15) is 14.4 Å². The summed E-state index contributed by atoms with van der Waals surface area (Å²) in [5.74, 6) is -2.81. The van der Waals surface area contributed by atoms with Gasteiger partial charge in [0.15, 0.2) is 0 Å². The Hall–Kier alpha value is -1.63. The highest BCUT2D eigenvalue weighted by atomic mass is 16.4. The van der Waals surface area contributed by atoms with Gasteiger partial charge in [-0.25, -0.2) is 0 Å². The van der Waals surface area contributed by atoms with Crippen molar-refractivity contribution >= 4 is 17.8 Å². The summed E-state index contributed by atoms with van der Waals surface area (Å²) in [6.45, 7) is 1.54. The molecule has 7 nitrogen and oxygen atoms in total. The number of nitrogens with one attached hydrogen (secondary N) is 1. The molecule has 92 valence electrons. The van der Waals surface area contributed by atoms with E-state index in [0.717, 1.165) is 0 Å². The second-order valence-corrected chi connectivity index (χ2v) is 3.24. The van der Waals surface area contributed by atoms with E-state index < -0.39 is 29.8 Å². The summed E-state index contributed by atoms with van der Waals surface area (Å²) in [5, 5.41) is 10.6. The molecule has 6 N–H and O–H groups in total. The number of hydrogen-bond donors (Lipinski definition) is 4. The zero-order valence-electron chi connectivity index (χ0n) is 10.0. The second kappa shape index (κ2) is 6.78. The SMILES string of the molecule is [2H]C(N)(CC)C(=O)N[C@@H](CCC(=O)O)C(N)=O. The quantitative estimate of drug-likeness (QED) is 0.426. The molecule has 1 unspecified atom stereocenters. The van der Waals surface area contributed by atoms with Gasteiger partial charge in [-0.05, 0) is 12.8 Å². The summed E-state index contributed by atoms with van der Waals surface area (Å²) in [6.07, 6.45) is -0.380. The lowest BCUT2D eigenvalue weighted by Gasteiger charge is -2.16. The van der Waals surface area contributed by atoms with Gasteiger partial charge in [-0.15, -0.1) is 0 Å². The summed E-state index contributed by atoms with van der Waals surface area (Å²) in [4.78, 5) is 32.8. The van der Waals surface area contributed by atoms with E-state index in [4.69, 9.17) is 17.9 Å². The van der Waals surface area contributed by atoms with Crippen LogP contribution >= 0.6 is 0 Å². The summed E-state index contributed by atoms with van der Waals surface area (Å²) < 4.78 is 7.43. The summed E-state index contributed by atoms with van der Waals surface area (Å²) in [6, 6.07) is -2.98. The predicted octanol–water partition coefficient (Wildman–Crippen LogP) is -1.44. The van der Waals surface area contributed by atoms with Gasteiger partial charge < -0.3 is 21.9 Å². The van der Waals surface area contributed by atoms with E-state index >= 15 is 0 Å². The van der Waals surface area contributed by atoms with E-state index in [-0.39, 0.29) is 19.3 Å². The van der Waals surface area contributed by atoms with Crippen LogP contribution in [0.25, 0.3) is 0 Å². The van der Waals surface area contributed by atoms with Crippen LogP contribution in [-0.2, 0) is 14.4 Å². The smallest absolute Gasteiger partial charge is 0.303 e. The Labute approximate surface area is 94.6 Å². The number of nitrogens with two attached hydrogens (primary N) is 2. The topological polar surface area (TPSA) is 136 Å². The van der Waals surface area contributed by atoms with Gasteiger partial charge in [0.2, 0.25) is 11.8 Å². The maximum atomic E-state index is 11.5. The largest absolute Gasteiger partial charge is 0.481 e. The molecular formula is C9H17N3O4. The Morgan fingerprint density at radius 1 is 1.50 bits per heavy atom. The standard InChI is InChI=1S/C9H17N3O4/c1-2-5(10)9(16)12-6(8(11)15)3-4-7(13)14/h5-6H,2-4,10H2,1H3,(H2,11,15)(H,12,16)(H,13,14)/t5?,6-/m0/s1/i5D. The van der Waals surface area contributed by atoms with Crippen LogP contribution in [0.5, 0.6) is 0 Å². The first-order valence-electron chi connectivity index (χ1n) is 5.31. The lowest BCUT2D eigenvalue weighted by Crippen LogP contribution is -2.50. The van der Waals surface area contributed by atoms with Crippen LogP contribution in [0.15, 0.2) is 0 Å². The molecule has 0 aliphatic rings. The number of primary amides is 1. The first kappa shape index (κ1) is 12.4. The van der Waals surface area contributed by atoms with Crippen LogP contribution in [0.4, 0.5) is 0 Å². The summed E-state index contributed by atoms with van der Waals surface area (Å²) >= 11 is 0. The molecule has 0 spiro atoms. The molecule has 0 aliphatic heterocycles. The highest BCUT2D eigenvalue weighted by Crippen LogP contribution is 1.98. The second-order valence-electron chi connectivity index (χ2n) is 3.24. The van der Waals surface area contributed by atoms with Crippen LogP contribution in [0.2, 0.25) is 0 Å². The Morgan fingerprint density at radius 2 is 2.06 bits per heavy atom. The molecule has 0 bridgehead atoms. The van der Waals surface area contributed by atoms with E-state index in [1.54, 1.807) is 6.92 Å². The fourth-order valence-electron chi connectivity index (χ4n) is 0.965. The third-order valence-electron chi connectivity index (χ3n) is 1.97. The first-order chi connectivity index (χ1) is 7.70. The summed E-state index contributed by atoms with van der Waals surface area (Å²) in [7, 11) is 0. The minimum atomic E-state index is -1.85. The molecule has 0 saturated carbocycles. The van der Waals surface area contributed by atoms with E-state index in [2.05, 4.69) is 5.32 Å². The molecule has 2 atom stereocenters. The molecule has 0 saturated heterocycles. The van der Waals surface area contributed by atoms with Crippen molar-refractivity contribution in [2.24, 2.45) is 11.5 Å². The number of carbonyl (C=O) groups is 3. The third-order valence-corrected chi connectivity index (χ3v) is 1.97. The van der Waals surface area contributed by atoms with Gasteiger partial charge in [-0.3, -0.25) is 14.4 Å². The number of aliphatic carboxylic acids is 1. The van der Waals surface area contributed by atoms with Gasteiger partial charge in [0.1, 0.15) is 6.04 Å². The highest BCUT2D eigenvalue weighted by Gasteiger charge is 2.21. The van der Waals surface area contributed by atoms with Crippen LogP contribution in [0, 0.1) is 0 Å². The fourth-order valence-corrected chi connectivity index (χ4v) is 0.965. The molecular weight excluding hydrogens is 214 g/mol. The number of hydrogen-bond acceptors (Lipinski definition) is 4. The molecule has 0 aromatic heterocycles. The minimum Gasteiger partial charge on any atom is -0.481 e. The van der Waals surface area contributed by atoms with Gasteiger partial charge in [-0.1, -0.05) is 6.92 Å². The van der Waals surface area contributed by atoms with Crippen LogP contribution in [0.1, 0.15) is 27.6 Å². The van der Waals surface area contributed by atoms with Crippen LogP contribution < -0.4 is 16.8 Å². The van der Waals surface area contributed by atoms with Crippen molar-refractivity contribution in [1.29, 1.82) is 0 Å². The van der Waals surface area contributed by atoms with Crippen molar-refractivity contribution in [3.05, 3.63) is 0 Å². The molecule has 0 heterocycles. The first-order valence-corrected chi connectivity index (χ1v) is 4.81. The Balaban J connectivity index is 4.50. The zero-order valence-corrected chi connectivity index (χ0v) is 9.03. The van der Waals surface area contributed by atoms with Gasteiger partial charge in [-0.2, -0.15) is 0 Å². The van der Waals surface area contributed by atoms with Crippen molar-refractivity contribution in [1.82, 2.24) is 5.32 Å². The minimum absolute atomic E-state index is 0.0588. The number of rotatable bonds is 7. The highest BCUT2D eigenvalue weighted by molar-refractivity contribution is 5.89. The van der Waals surface area contributed by atoms with Crippen molar-refractivity contribution in [3.63, 3.8) is 0 Å². The molecule has 2 amide bonds. The number of amides is 2. The van der Waals surface area contributed by atoms with Crippen LogP contribution in [0.3, 0.4) is 0 Å². The normalized spacial score (nSPS) is 16.8. The predicted molar refractivity (Wildman–Crippen MR) is 56.3 cm³/mol. The van der Waals surface area contributed by atoms with Crippen LogP contribution in [-0.4, -0.2) is 34.9 Å². The van der Waals surface area contributed by atoms with Crippen molar-refractivity contribution < 1.29 is 20.9 Å². The Kier molecular flexibility index (Phi) is 5.27. The maximum absolute atomic E-state index is 11.5. The molecule has 7 heteroatoms. The molecule has 0 aromatic carbocycles. The lowest BCUT2D eigenvalue weighted by molar-refractivity contribution is -0.137. The lowest BCUT2D eigenvalue weighted by atomic mass is 10.1. The third kappa shape index (κ3) is 5.30. The number of carbonyl (C=O) groups excluding carboxylic acids is 2. The van der Waals surface area contributed by atoms with Gasteiger partial charge in [0.25, 0.3) is 0 Å². The van der Waals surface area contributed by atoms with Crippen molar-refractivity contribution in [2.75, 3.05) is 0 Å². The zero-order chi connectivity index (χ0) is 13.6. The fraction of sp³-hybridized carbons (Fsp3) is 0.667. The van der Waals surface area contributed by atoms with E-state index in [1.165, 1.54) is 0 Å². The van der Waals surface area contributed by atoms with Gasteiger partial charge in [0.05, 0.1) is 7.39 Å². The van der Waals surface area contributed by atoms with E-state index in [1.807, 2.05) is 0 Å². The average molecular weight is 232 g/mol. The monoisotopic (exact) mass is 232 g/mol. The molecule has 16 heavy (non-hydrogen) atoms. The van der Waals surface area contributed by atoms with Crippen molar-refractivity contribution in [3.8, 4) is 0 Å². The molecule has 0 fully saturated rings. The maximum Gasteiger partial charge on any atom is 0.303 e.